The molecule has 0 aliphatic carbocycles. The van der Waals surface area contributed by atoms with E-state index in [-0.39, 0.29) is 0 Å². The largest absolute Gasteiger partial charge is 0.497 e. The fourth-order valence-electron chi connectivity index (χ4n) is 3.11. The molecular formula is C21H22ClN3O. The lowest BCUT2D eigenvalue weighted by atomic mass is 9.95. The molecular weight excluding hydrogens is 346 g/mol. The van der Waals surface area contributed by atoms with Crippen molar-refractivity contribution in [2.45, 2.75) is 27.2 Å². The molecule has 3 aromatic rings. The van der Waals surface area contributed by atoms with Crippen LogP contribution in [0.2, 0.25) is 5.02 Å². The Morgan fingerprint density at radius 3 is 2.50 bits per heavy atom. The van der Waals surface area contributed by atoms with Gasteiger partial charge in [0.2, 0.25) is 0 Å². The first-order valence-corrected chi connectivity index (χ1v) is 8.98. The normalized spacial score (nSPS) is 11.7. The summed E-state index contributed by atoms with van der Waals surface area (Å²) in [5.74, 6) is 2.60. The molecule has 0 saturated heterocycles. The van der Waals surface area contributed by atoms with Gasteiger partial charge < -0.3 is 4.74 Å². The van der Waals surface area contributed by atoms with E-state index >= 15 is 0 Å². The number of allylic oxidation sites excluding steroid dienone is 1. The Labute approximate surface area is 159 Å². The second-order valence-corrected chi connectivity index (χ2v) is 6.38. The number of hydrogen-bond donors (Lipinski definition) is 0. The van der Waals surface area contributed by atoms with Gasteiger partial charge in [-0.25, -0.2) is 0 Å². The van der Waals surface area contributed by atoms with Crippen molar-refractivity contribution in [1.29, 1.82) is 0 Å². The smallest absolute Gasteiger partial charge is 0.137 e. The molecule has 3 rings (SSSR count). The molecule has 2 aromatic carbocycles. The van der Waals surface area contributed by atoms with Gasteiger partial charge in [0, 0.05) is 17.0 Å². The summed E-state index contributed by atoms with van der Waals surface area (Å²) in [6.45, 7) is 6.09. The molecule has 0 aliphatic heterocycles. The molecule has 1 heterocycles. The highest BCUT2D eigenvalue weighted by atomic mass is 35.5. The van der Waals surface area contributed by atoms with Crippen molar-refractivity contribution in [3.8, 4) is 11.4 Å². The Balaban J connectivity index is 2.24. The third-order valence-electron chi connectivity index (χ3n) is 4.39. The standard InChI is InChI=1S/C21H22ClN3O/c1-5-18(15-7-9-16(22)10-8-15)19-13-17(26-4)11-12-20(19)25-14(3)23-24-21(25)6-2/h5,7-13H,6H2,1-4H3/b18-5-. The Kier molecular flexibility index (Phi) is 5.43. The monoisotopic (exact) mass is 367 g/mol. The van der Waals surface area contributed by atoms with E-state index in [2.05, 4.69) is 39.9 Å². The predicted molar refractivity (Wildman–Crippen MR) is 106 cm³/mol. The van der Waals surface area contributed by atoms with Crippen LogP contribution in [0.4, 0.5) is 0 Å². The molecule has 0 amide bonds. The highest BCUT2D eigenvalue weighted by Crippen LogP contribution is 2.33. The van der Waals surface area contributed by atoms with Gasteiger partial charge >= 0.3 is 0 Å². The zero-order valence-electron chi connectivity index (χ0n) is 15.5. The van der Waals surface area contributed by atoms with E-state index in [1.54, 1.807) is 7.11 Å². The summed E-state index contributed by atoms with van der Waals surface area (Å²) in [5, 5.41) is 9.29. The van der Waals surface area contributed by atoms with E-state index in [4.69, 9.17) is 16.3 Å². The van der Waals surface area contributed by atoms with Gasteiger partial charge in [-0.3, -0.25) is 4.57 Å². The molecule has 0 atom stereocenters. The Morgan fingerprint density at radius 1 is 1.15 bits per heavy atom. The van der Waals surface area contributed by atoms with Gasteiger partial charge in [0.25, 0.3) is 0 Å². The minimum atomic E-state index is 0.720. The summed E-state index contributed by atoms with van der Waals surface area (Å²) in [4.78, 5) is 0. The van der Waals surface area contributed by atoms with Crippen LogP contribution in [0.3, 0.4) is 0 Å². The van der Waals surface area contributed by atoms with E-state index in [9.17, 15) is 0 Å². The van der Waals surface area contributed by atoms with Gasteiger partial charge in [-0.15, -0.1) is 10.2 Å². The Hall–Kier alpha value is -2.59. The third-order valence-corrected chi connectivity index (χ3v) is 4.64. The summed E-state index contributed by atoms with van der Waals surface area (Å²) in [6, 6.07) is 13.9. The molecule has 134 valence electrons. The van der Waals surface area contributed by atoms with Crippen LogP contribution in [-0.2, 0) is 6.42 Å². The van der Waals surface area contributed by atoms with E-state index in [1.807, 2.05) is 44.2 Å². The van der Waals surface area contributed by atoms with Crippen LogP contribution in [0.5, 0.6) is 5.75 Å². The minimum absolute atomic E-state index is 0.720. The van der Waals surface area contributed by atoms with E-state index in [0.717, 1.165) is 51.2 Å². The molecule has 0 unspecified atom stereocenters. The average Bonchev–Trinajstić information content (AvgIpc) is 3.04. The van der Waals surface area contributed by atoms with Gasteiger partial charge in [0.05, 0.1) is 12.8 Å². The summed E-state index contributed by atoms with van der Waals surface area (Å²) in [6.07, 6.45) is 2.91. The Morgan fingerprint density at radius 2 is 1.88 bits per heavy atom. The SMILES string of the molecule is C/C=C(/c1ccc(Cl)cc1)c1cc(OC)ccc1-n1c(C)nnc1CC. The van der Waals surface area contributed by atoms with Crippen molar-refractivity contribution in [1.82, 2.24) is 14.8 Å². The van der Waals surface area contributed by atoms with Gasteiger partial charge in [-0.1, -0.05) is 36.7 Å². The number of aryl methyl sites for hydroxylation is 2. The summed E-state index contributed by atoms with van der Waals surface area (Å²) in [7, 11) is 1.68. The quantitative estimate of drug-likeness (QED) is 0.618. The number of ether oxygens (including phenoxy) is 1. The van der Waals surface area contributed by atoms with Crippen molar-refractivity contribution < 1.29 is 4.74 Å². The molecule has 0 N–H and O–H groups in total. The van der Waals surface area contributed by atoms with Crippen molar-refractivity contribution in [2.24, 2.45) is 0 Å². The predicted octanol–water partition coefficient (Wildman–Crippen LogP) is 5.25. The number of benzene rings is 2. The van der Waals surface area contributed by atoms with E-state index < -0.39 is 0 Å². The zero-order valence-corrected chi connectivity index (χ0v) is 16.2. The average molecular weight is 368 g/mol. The maximum Gasteiger partial charge on any atom is 0.137 e. The molecule has 0 radical (unpaired) electrons. The fraction of sp³-hybridized carbons (Fsp3) is 0.238. The molecule has 1 aromatic heterocycles. The first-order valence-electron chi connectivity index (χ1n) is 8.61. The van der Waals surface area contributed by atoms with Crippen LogP contribution < -0.4 is 4.74 Å². The first kappa shape index (κ1) is 18.2. The van der Waals surface area contributed by atoms with Crippen LogP contribution in [0.15, 0.2) is 48.5 Å². The molecule has 5 heteroatoms. The molecule has 0 fully saturated rings. The lowest BCUT2D eigenvalue weighted by Gasteiger charge is -2.17. The molecule has 0 bridgehead atoms. The van der Waals surface area contributed by atoms with Crippen molar-refractivity contribution in [3.63, 3.8) is 0 Å². The second-order valence-electron chi connectivity index (χ2n) is 5.94. The first-order chi connectivity index (χ1) is 12.6. The summed E-state index contributed by atoms with van der Waals surface area (Å²) < 4.78 is 7.58. The van der Waals surface area contributed by atoms with Gasteiger partial charge in [-0.2, -0.15) is 0 Å². The maximum atomic E-state index is 6.07. The van der Waals surface area contributed by atoms with E-state index in [1.165, 1.54) is 0 Å². The van der Waals surface area contributed by atoms with E-state index in [0.29, 0.717) is 0 Å². The lowest BCUT2D eigenvalue weighted by molar-refractivity contribution is 0.414. The maximum absolute atomic E-state index is 6.07. The highest BCUT2D eigenvalue weighted by molar-refractivity contribution is 6.30. The molecule has 0 aliphatic rings. The molecule has 26 heavy (non-hydrogen) atoms. The second kappa shape index (κ2) is 7.75. The number of hydrogen-bond acceptors (Lipinski definition) is 3. The highest BCUT2D eigenvalue weighted by Gasteiger charge is 2.17. The molecule has 4 nitrogen and oxygen atoms in total. The topological polar surface area (TPSA) is 39.9 Å². The van der Waals surface area contributed by atoms with Crippen molar-refractivity contribution in [3.05, 3.63) is 76.3 Å². The molecule has 0 saturated carbocycles. The van der Waals surface area contributed by atoms with Crippen LogP contribution in [-0.4, -0.2) is 21.9 Å². The number of aromatic nitrogens is 3. The fourth-order valence-corrected chi connectivity index (χ4v) is 3.23. The van der Waals surface area contributed by atoms with Crippen LogP contribution >= 0.6 is 11.6 Å². The van der Waals surface area contributed by atoms with Gasteiger partial charge in [-0.05, 0) is 55.3 Å². The zero-order chi connectivity index (χ0) is 18.7. The van der Waals surface area contributed by atoms with Crippen LogP contribution in [0, 0.1) is 6.92 Å². The van der Waals surface area contributed by atoms with Gasteiger partial charge in [0.1, 0.15) is 17.4 Å². The number of nitrogens with zero attached hydrogens (tertiary/aromatic N) is 3. The summed E-state index contributed by atoms with van der Waals surface area (Å²) >= 11 is 6.07. The molecule has 0 spiro atoms. The third kappa shape index (κ3) is 3.37. The van der Waals surface area contributed by atoms with Crippen LogP contribution in [0.1, 0.15) is 36.6 Å². The lowest BCUT2D eigenvalue weighted by Crippen LogP contribution is -2.06. The summed E-state index contributed by atoms with van der Waals surface area (Å²) in [5.41, 5.74) is 4.29. The Bertz CT molecular complexity index is 942. The number of methoxy groups -OCH3 is 1. The van der Waals surface area contributed by atoms with Crippen molar-refractivity contribution in [2.75, 3.05) is 7.11 Å². The number of rotatable bonds is 5. The minimum Gasteiger partial charge on any atom is -0.497 e. The van der Waals surface area contributed by atoms with Gasteiger partial charge in [0.15, 0.2) is 0 Å². The number of halogens is 1. The van der Waals surface area contributed by atoms with Crippen LogP contribution in [0.25, 0.3) is 11.3 Å². The van der Waals surface area contributed by atoms with Crippen molar-refractivity contribution >= 4 is 17.2 Å².